The minimum atomic E-state index is -0.962. The normalized spacial score (nSPS) is 13.8. The number of benzene rings is 2. The summed E-state index contributed by atoms with van der Waals surface area (Å²) in [7, 11) is 1.58. The minimum Gasteiger partial charge on any atom is -0.378 e. The lowest BCUT2D eigenvalue weighted by molar-refractivity contribution is -0.122. The highest BCUT2D eigenvalue weighted by atomic mass is 19.1. The topological polar surface area (TPSA) is 132 Å². The summed E-state index contributed by atoms with van der Waals surface area (Å²) in [6.07, 6.45) is 1.39. The molecule has 0 bridgehead atoms. The zero-order valence-electron chi connectivity index (χ0n) is 25.5. The predicted molar refractivity (Wildman–Crippen MR) is 162 cm³/mol. The lowest BCUT2D eigenvalue weighted by Gasteiger charge is -2.37. The van der Waals surface area contributed by atoms with Gasteiger partial charge in [-0.1, -0.05) is 26.0 Å². The summed E-state index contributed by atoms with van der Waals surface area (Å²) in [5.41, 5.74) is 7.26. The molecule has 3 heterocycles. The number of halogens is 3. The van der Waals surface area contributed by atoms with E-state index in [1.165, 1.54) is 23.0 Å². The van der Waals surface area contributed by atoms with Gasteiger partial charge in [-0.2, -0.15) is 5.10 Å². The van der Waals surface area contributed by atoms with Crippen molar-refractivity contribution in [1.29, 1.82) is 0 Å². The average Bonchev–Trinajstić information content (AvgIpc) is 3.40. The molecule has 0 aliphatic carbocycles. The van der Waals surface area contributed by atoms with Crippen molar-refractivity contribution >= 4 is 17.7 Å². The zero-order valence-corrected chi connectivity index (χ0v) is 25.5. The van der Waals surface area contributed by atoms with E-state index < -0.39 is 35.3 Å². The molecule has 1 saturated heterocycles. The van der Waals surface area contributed by atoms with Crippen molar-refractivity contribution in [3.63, 3.8) is 0 Å². The fraction of sp³-hybridized carbons (Fsp3) is 0.303. The number of likely N-dealkylation sites (tertiary alicyclic amines) is 1. The van der Waals surface area contributed by atoms with Crippen LogP contribution in [0.1, 0.15) is 63.6 Å². The van der Waals surface area contributed by atoms with E-state index in [9.17, 15) is 27.6 Å². The van der Waals surface area contributed by atoms with Crippen molar-refractivity contribution < 1.29 is 32.3 Å². The number of ether oxygens (including phenoxy) is 1. The first-order valence-corrected chi connectivity index (χ1v) is 14.6. The van der Waals surface area contributed by atoms with Crippen molar-refractivity contribution in [1.82, 2.24) is 25.0 Å². The summed E-state index contributed by atoms with van der Waals surface area (Å²) >= 11 is 0. The standard InChI is InChI=1S/C33H33F3N6O4/c1-18(2)29-14-28(33(45)41-15-23(16-41)46-3)40-42(29)17-30(43)39-27(11-19-9-21(34)13-22(35)10-19)31-24(5-4-8-38-31)20-6-7-26(36)25(12-20)32(37)44/h4-10,12-14,18,23,27H,11,15-17H2,1-3H3,(H2,37,44)(H,39,43)/t27-/m0/s1. The summed E-state index contributed by atoms with van der Waals surface area (Å²) in [5, 5.41) is 7.35. The minimum absolute atomic E-state index is 0.0290. The first kappa shape index (κ1) is 32.4. The molecular formula is C33H33F3N6O4. The number of nitrogens with one attached hydrogen (secondary N) is 1. The van der Waals surface area contributed by atoms with Crippen LogP contribution in [-0.4, -0.2) is 63.7 Å². The van der Waals surface area contributed by atoms with E-state index in [4.69, 9.17) is 10.5 Å². The molecule has 10 nitrogen and oxygen atoms in total. The van der Waals surface area contributed by atoms with E-state index >= 15 is 0 Å². The van der Waals surface area contributed by atoms with Gasteiger partial charge in [-0.3, -0.25) is 24.0 Å². The van der Waals surface area contributed by atoms with Crippen molar-refractivity contribution in [3.05, 3.63) is 106 Å². The van der Waals surface area contributed by atoms with Crippen LogP contribution in [0.4, 0.5) is 13.2 Å². The second-order valence-corrected chi connectivity index (χ2v) is 11.4. The Morgan fingerprint density at radius 3 is 2.41 bits per heavy atom. The molecular weight excluding hydrogens is 601 g/mol. The first-order valence-electron chi connectivity index (χ1n) is 14.6. The quantitative estimate of drug-likeness (QED) is 0.255. The number of amides is 3. The van der Waals surface area contributed by atoms with Gasteiger partial charge in [0.05, 0.1) is 23.4 Å². The molecule has 1 fully saturated rings. The summed E-state index contributed by atoms with van der Waals surface area (Å²) in [6.45, 7) is 4.45. The largest absolute Gasteiger partial charge is 0.378 e. The van der Waals surface area contributed by atoms with Crippen LogP contribution in [-0.2, 0) is 22.5 Å². The van der Waals surface area contributed by atoms with Gasteiger partial charge >= 0.3 is 0 Å². The molecule has 1 aliphatic rings. The Morgan fingerprint density at radius 2 is 1.76 bits per heavy atom. The number of nitrogens with two attached hydrogens (primary N) is 1. The second kappa shape index (κ2) is 13.5. The Morgan fingerprint density at radius 1 is 1.04 bits per heavy atom. The molecule has 0 unspecified atom stereocenters. The highest BCUT2D eigenvalue weighted by Gasteiger charge is 2.33. The van der Waals surface area contributed by atoms with Crippen LogP contribution in [0.3, 0.4) is 0 Å². The maximum Gasteiger partial charge on any atom is 0.274 e. The third kappa shape index (κ3) is 7.09. The van der Waals surface area contributed by atoms with Gasteiger partial charge in [0.2, 0.25) is 5.91 Å². The third-order valence-corrected chi connectivity index (χ3v) is 7.79. The number of pyridine rings is 1. The maximum absolute atomic E-state index is 14.3. The molecule has 13 heteroatoms. The fourth-order valence-electron chi connectivity index (χ4n) is 5.42. The van der Waals surface area contributed by atoms with Crippen LogP contribution in [0.15, 0.2) is 60.8 Å². The van der Waals surface area contributed by atoms with E-state index in [2.05, 4.69) is 15.4 Å². The number of aromatic nitrogens is 3. The number of primary amides is 1. The van der Waals surface area contributed by atoms with Crippen molar-refractivity contribution in [2.75, 3.05) is 20.2 Å². The molecule has 0 saturated carbocycles. The Bertz CT molecular complexity index is 1770. The number of methoxy groups -OCH3 is 1. The molecule has 4 aromatic rings. The van der Waals surface area contributed by atoms with E-state index in [1.54, 1.807) is 30.2 Å². The van der Waals surface area contributed by atoms with Crippen LogP contribution in [0, 0.1) is 17.5 Å². The summed E-state index contributed by atoms with van der Waals surface area (Å²) in [5.74, 6) is -4.20. The van der Waals surface area contributed by atoms with Gasteiger partial charge < -0.3 is 20.7 Å². The van der Waals surface area contributed by atoms with Crippen molar-refractivity contribution in [3.8, 4) is 11.1 Å². The Balaban J connectivity index is 1.47. The van der Waals surface area contributed by atoms with Gasteiger partial charge in [-0.25, -0.2) is 13.2 Å². The van der Waals surface area contributed by atoms with Gasteiger partial charge in [0.15, 0.2) is 5.69 Å². The van der Waals surface area contributed by atoms with Crippen molar-refractivity contribution in [2.24, 2.45) is 5.73 Å². The average molecular weight is 635 g/mol. The number of carbonyl (C=O) groups excluding carboxylic acids is 3. The van der Waals surface area contributed by atoms with Gasteiger partial charge in [0.1, 0.15) is 24.0 Å². The van der Waals surface area contributed by atoms with E-state index in [0.717, 1.165) is 24.3 Å². The van der Waals surface area contributed by atoms with Crippen LogP contribution in [0.2, 0.25) is 0 Å². The first-order chi connectivity index (χ1) is 21.9. The summed E-state index contributed by atoms with van der Waals surface area (Å²) in [4.78, 5) is 44.6. The second-order valence-electron chi connectivity index (χ2n) is 11.4. The zero-order chi connectivity index (χ0) is 33.1. The molecule has 2 aromatic carbocycles. The number of hydrogen-bond acceptors (Lipinski definition) is 6. The monoisotopic (exact) mass is 634 g/mol. The van der Waals surface area contributed by atoms with Gasteiger partial charge in [0, 0.05) is 43.7 Å². The molecule has 3 amide bonds. The summed E-state index contributed by atoms with van der Waals surface area (Å²) < 4.78 is 49.4. The number of rotatable bonds is 11. The molecule has 1 aliphatic heterocycles. The Hall–Kier alpha value is -5.04. The van der Waals surface area contributed by atoms with Crippen molar-refractivity contribution in [2.45, 2.75) is 44.9 Å². The van der Waals surface area contributed by atoms with Gasteiger partial charge in [0.25, 0.3) is 11.8 Å². The predicted octanol–water partition coefficient (Wildman–Crippen LogP) is 4.16. The highest BCUT2D eigenvalue weighted by Crippen LogP contribution is 2.30. The molecule has 0 radical (unpaired) electrons. The number of nitrogens with zero attached hydrogens (tertiary/aromatic N) is 4. The summed E-state index contributed by atoms with van der Waals surface area (Å²) in [6, 6.07) is 10.9. The third-order valence-electron chi connectivity index (χ3n) is 7.79. The Kier molecular flexibility index (Phi) is 9.52. The number of carbonyl (C=O) groups is 3. The van der Waals surface area contributed by atoms with Crippen LogP contribution in [0.5, 0.6) is 0 Å². The van der Waals surface area contributed by atoms with Gasteiger partial charge in [-0.15, -0.1) is 0 Å². The molecule has 5 rings (SSSR count). The van der Waals surface area contributed by atoms with Crippen LogP contribution < -0.4 is 11.1 Å². The number of hydrogen-bond donors (Lipinski definition) is 2. The molecule has 0 spiro atoms. The molecule has 3 N–H and O–H groups in total. The van der Waals surface area contributed by atoms with E-state index in [-0.39, 0.29) is 47.7 Å². The van der Waals surface area contributed by atoms with Crippen LogP contribution in [0.25, 0.3) is 11.1 Å². The molecule has 240 valence electrons. The smallest absolute Gasteiger partial charge is 0.274 e. The SMILES string of the molecule is COC1CN(C(=O)c2cc(C(C)C)n(CC(=O)N[C@@H](Cc3cc(F)cc(F)c3)c3ncccc3-c3ccc(F)c(C(N)=O)c3)n2)C1. The van der Waals surface area contributed by atoms with Crippen LogP contribution >= 0.6 is 0 Å². The molecule has 46 heavy (non-hydrogen) atoms. The maximum atomic E-state index is 14.3. The van der Waals surface area contributed by atoms with E-state index in [0.29, 0.717) is 35.6 Å². The lowest BCUT2D eigenvalue weighted by Crippen LogP contribution is -2.54. The van der Waals surface area contributed by atoms with E-state index in [1.807, 2.05) is 13.8 Å². The van der Waals surface area contributed by atoms with Gasteiger partial charge in [-0.05, 0) is 59.9 Å². The fourth-order valence-corrected chi connectivity index (χ4v) is 5.42. The highest BCUT2D eigenvalue weighted by molar-refractivity contribution is 5.94. The molecule has 1 atom stereocenters. The lowest BCUT2D eigenvalue weighted by atomic mass is 9.94. The molecule has 2 aromatic heterocycles. The Labute approximate surface area is 263 Å².